The fourth-order valence-corrected chi connectivity index (χ4v) is 2.33. The summed E-state index contributed by atoms with van der Waals surface area (Å²) >= 11 is 0. The standard InChI is InChI=1S/C18H35/c1-4-5-6-7-8-9-10-11-12-13-14-15-16-17-18(2)3/h17H,2,4-16H2,1,3H3. The number of rotatable bonds is 13. The molecule has 0 saturated heterocycles. The lowest BCUT2D eigenvalue weighted by Gasteiger charge is -2.02. The van der Waals surface area contributed by atoms with Gasteiger partial charge in [0, 0.05) is 0 Å². The summed E-state index contributed by atoms with van der Waals surface area (Å²) in [6.45, 7) is 8.26. The van der Waals surface area contributed by atoms with Crippen molar-refractivity contribution in [2.45, 2.75) is 97.3 Å². The highest BCUT2D eigenvalue weighted by molar-refractivity contribution is 5.00. The van der Waals surface area contributed by atoms with Gasteiger partial charge in [0.15, 0.2) is 0 Å². The van der Waals surface area contributed by atoms with Gasteiger partial charge in [-0.15, -0.1) is 0 Å². The van der Waals surface area contributed by atoms with Gasteiger partial charge in [0.25, 0.3) is 0 Å². The molecule has 0 spiro atoms. The third kappa shape index (κ3) is 15.7. The lowest BCUT2D eigenvalue weighted by molar-refractivity contribution is 0.545. The Morgan fingerprint density at radius 1 is 0.722 bits per heavy atom. The zero-order valence-electron chi connectivity index (χ0n) is 13.0. The average molecular weight is 251 g/mol. The van der Waals surface area contributed by atoms with Crippen LogP contribution in [0, 0.1) is 6.92 Å². The molecule has 0 heterocycles. The number of unbranched alkanes of at least 4 members (excludes halogenated alkanes) is 12. The van der Waals surface area contributed by atoms with Crippen LogP contribution in [-0.2, 0) is 0 Å². The zero-order chi connectivity index (χ0) is 13.5. The Balaban J connectivity index is 2.97. The van der Waals surface area contributed by atoms with Gasteiger partial charge >= 0.3 is 0 Å². The quantitative estimate of drug-likeness (QED) is 0.314. The van der Waals surface area contributed by atoms with Crippen molar-refractivity contribution >= 4 is 0 Å². The molecule has 0 heteroatoms. The first kappa shape index (κ1) is 17.7. The van der Waals surface area contributed by atoms with Gasteiger partial charge in [-0.25, -0.2) is 0 Å². The molecule has 0 bridgehead atoms. The molecule has 18 heavy (non-hydrogen) atoms. The number of hydrogen-bond acceptors (Lipinski definition) is 0. The van der Waals surface area contributed by atoms with E-state index in [1.165, 1.54) is 89.0 Å². The molecule has 0 aliphatic carbocycles. The van der Waals surface area contributed by atoms with Crippen LogP contribution in [0.3, 0.4) is 0 Å². The zero-order valence-corrected chi connectivity index (χ0v) is 13.0. The first-order chi connectivity index (χ1) is 8.77. The second-order valence-corrected chi connectivity index (χ2v) is 5.73. The Bertz CT molecular complexity index is 174. The molecule has 1 radical (unpaired) electrons. The van der Waals surface area contributed by atoms with E-state index in [4.69, 9.17) is 0 Å². The highest BCUT2D eigenvalue weighted by Gasteiger charge is 1.92. The summed E-state index contributed by atoms with van der Waals surface area (Å²) < 4.78 is 0. The Morgan fingerprint density at radius 3 is 1.50 bits per heavy atom. The monoisotopic (exact) mass is 251 g/mol. The molecular formula is C18H35. The van der Waals surface area contributed by atoms with Crippen molar-refractivity contribution in [2.24, 2.45) is 0 Å². The van der Waals surface area contributed by atoms with Crippen molar-refractivity contribution in [3.63, 3.8) is 0 Å². The molecule has 0 aliphatic rings. The second kappa shape index (κ2) is 14.8. The summed E-state index contributed by atoms with van der Waals surface area (Å²) in [5.41, 5.74) is 1.22. The summed E-state index contributed by atoms with van der Waals surface area (Å²) in [5, 5.41) is 0. The Kier molecular flexibility index (Phi) is 14.6. The predicted octanol–water partition coefficient (Wildman–Crippen LogP) is 6.86. The van der Waals surface area contributed by atoms with Crippen molar-refractivity contribution in [3.8, 4) is 0 Å². The molecular weight excluding hydrogens is 216 g/mol. The van der Waals surface area contributed by atoms with E-state index in [0.29, 0.717) is 0 Å². The summed E-state index contributed by atoms with van der Waals surface area (Å²) in [6, 6.07) is 0. The van der Waals surface area contributed by atoms with Crippen molar-refractivity contribution in [3.05, 3.63) is 18.6 Å². The molecule has 0 N–H and O–H groups in total. The normalized spacial score (nSPS) is 12.1. The van der Waals surface area contributed by atoms with Crippen LogP contribution in [0.15, 0.2) is 11.6 Å². The van der Waals surface area contributed by atoms with Crippen LogP contribution in [0.2, 0.25) is 0 Å². The van der Waals surface area contributed by atoms with Crippen LogP contribution in [0.4, 0.5) is 0 Å². The summed E-state index contributed by atoms with van der Waals surface area (Å²) in [5.74, 6) is 0. The fraction of sp³-hybridized carbons (Fsp3) is 0.833. The Hall–Kier alpha value is -0.260. The molecule has 0 aromatic heterocycles. The van der Waals surface area contributed by atoms with E-state index in [2.05, 4.69) is 26.8 Å². The van der Waals surface area contributed by atoms with E-state index < -0.39 is 0 Å². The van der Waals surface area contributed by atoms with E-state index in [9.17, 15) is 0 Å². The minimum Gasteiger partial charge on any atom is -0.0856 e. The maximum atomic E-state index is 3.89. The SMILES string of the molecule is [CH2]C(C)=CCCCCCCCCCCCCCC. The van der Waals surface area contributed by atoms with Gasteiger partial charge in [-0.3, -0.25) is 0 Å². The molecule has 0 amide bonds. The van der Waals surface area contributed by atoms with Crippen molar-refractivity contribution in [1.82, 2.24) is 0 Å². The average Bonchev–Trinajstić information content (AvgIpc) is 2.34. The van der Waals surface area contributed by atoms with Crippen LogP contribution >= 0.6 is 0 Å². The Morgan fingerprint density at radius 2 is 1.11 bits per heavy atom. The van der Waals surface area contributed by atoms with Crippen molar-refractivity contribution < 1.29 is 0 Å². The van der Waals surface area contributed by atoms with Gasteiger partial charge in [0.2, 0.25) is 0 Å². The molecule has 0 saturated carbocycles. The maximum absolute atomic E-state index is 3.89. The lowest BCUT2D eigenvalue weighted by Crippen LogP contribution is -1.82. The summed E-state index contributed by atoms with van der Waals surface area (Å²) in [4.78, 5) is 0. The van der Waals surface area contributed by atoms with Gasteiger partial charge in [0.05, 0.1) is 0 Å². The van der Waals surface area contributed by atoms with Gasteiger partial charge in [0.1, 0.15) is 0 Å². The van der Waals surface area contributed by atoms with Crippen LogP contribution in [0.1, 0.15) is 97.3 Å². The minimum atomic E-state index is 1.22. The van der Waals surface area contributed by atoms with Crippen LogP contribution in [0.25, 0.3) is 0 Å². The van der Waals surface area contributed by atoms with Gasteiger partial charge in [-0.1, -0.05) is 89.2 Å². The largest absolute Gasteiger partial charge is 0.0856 e. The first-order valence-corrected chi connectivity index (χ1v) is 8.26. The lowest BCUT2D eigenvalue weighted by atomic mass is 10.0. The van der Waals surface area contributed by atoms with E-state index in [0.717, 1.165) is 0 Å². The third-order valence-electron chi connectivity index (χ3n) is 3.55. The molecule has 0 aliphatic heterocycles. The van der Waals surface area contributed by atoms with E-state index in [1.54, 1.807) is 0 Å². The number of allylic oxidation sites excluding steroid dienone is 2. The van der Waals surface area contributed by atoms with Crippen molar-refractivity contribution in [2.75, 3.05) is 0 Å². The molecule has 0 fully saturated rings. The fourth-order valence-electron chi connectivity index (χ4n) is 2.33. The van der Waals surface area contributed by atoms with Crippen molar-refractivity contribution in [1.29, 1.82) is 0 Å². The van der Waals surface area contributed by atoms with Crippen LogP contribution < -0.4 is 0 Å². The molecule has 0 aromatic rings. The first-order valence-electron chi connectivity index (χ1n) is 8.26. The Labute approximate surface area is 116 Å². The molecule has 107 valence electrons. The smallest absolute Gasteiger partial charge is 0.0286 e. The highest BCUT2D eigenvalue weighted by atomic mass is 14.0. The summed E-state index contributed by atoms with van der Waals surface area (Å²) in [6.07, 6.45) is 20.7. The number of hydrogen-bond donors (Lipinski definition) is 0. The molecule has 0 atom stereocenters. The summed E-state index contributed by atoms with van der Waals surface area (Å²) in [7, 11) is 0. The van der Waals surface area contributed by atoms with Gasteiger partial charge < -0.3 is 0 Å². The van der Waals surface area contributed by atoms with Crippen LogP contribution in [-0.4, -0.2) is 0 Å². The molecule has 0 nitrogen and oxygen atoms in total. The van der Waals surface area contributed by atoms with Gasteiger partial charge in [-0.2, -0.15) is 0 Å². The molecule has 0 rings (SSSR count). The van der Waals surface area contributed by atoms with Gasteiger partial charge in [-0.05, 0) is 26.7 Å². The van der Waals surface area contributed by atoms with E-state index in [-0.39, 0.29) is 0 Å². The van der Waals surface area contributed by atoms with E-state index >= 15 is 0 Å². The third-order valence-corrected chi connectivity index (χ3v) is 3.55. The second-order valence-electron chi connectivity index (χ2n) is 5.73. The minimum absolute atomic E-state index is 1.22. The molecule has 0 aromatic carbocycles. The molecule has 0 unspecified atom stereocenters. The maximum Gasteiger partial charge on any atom is -0.0286 e. The predicted molar refractivity (Wildman–Crippen MR) is 84.8 cm³/mol. The highest BCUT2D eigenvalue weighted by Crippen LogP contribution is 2.12. The van der Waals surface area contributed by atoms with Crippen LogP contribution in [0.5, 0.6) is 0 Å². The topological polar surface area (TPSA) is 0 Å². The van der Waals surface area contributed by atoms with E-state index in [1.807, 2.05) is 0 Å².